The van der Waals surface area contributed by atoms with Gasteiger partial charge in [-0.2, -0.15) is 0 Å². The average molecular weight is 249 g/mol. The molecule has 0 aromatic carbocycles. The van der Waals surface area contributed by atoms with E-state index in [0.717, 1.165) is 0 Å². The number of hydrogen-bond acceptors (Lipinski definition) is 5. The summed E-state index contributed by atoms with van der Waals surface area (Å²) < 4.78 is 6.56. The van der Waals surface area contributed by atoms with Crippen molar-refractivity contribution < 1.29 is 9.21 Å². The Morgan fingerprint density at radius 1 is 1.67 bits per heavy atom. The quantitative estimate of drug-likeness (QED) is 0.789. The minimum Gasteiger partial charge on any atom is -0.467 e. The third-order valence-corrected chi connectivity index (χ3v) is 2.37. The monoisotopic (exact) mass is 249 g/mol. The van der Waals surface area contributed by atoms with Crippen LogP contribution in [0.3, 0.4) is 0 Å². The van der Waals surface area contributed by atoms with Crippen LogP contribution in [-0.4, -0.2) is 20.9 Å². The summed E-state index contributed by atoms with van der Waals surface area (Å²) in [4.78, 5) is 11.6. The van der Waals surface area contributed by atoms with E-state index in [1.807, 2.05) is 6.92 Å². The van der Waals surface area contributed by atoms with Gasteiger partial charge < -0.3 is 15.5 Å². The molecule has 0 fully saturated rings. The Kier molecular flexibility index (Phi) is 3.73. The second-order valence-electron chi connectivity index (χ2n) is 3.99. The normalized spacial score (nSPS) is 12.3. The lowest BCUT2D eigenvalue weighted by Gasteiger charge is -2.02. The molecule has 2 rings (SSSR count). The number of nitrogens with two attached hydrogens (primary N) is 1. The molecule has 1 atom stereocenters. The first-order valence-corrected chi connectivity index (χ1v) is 5.60. The second kappa shape index (κ2) is 5.46. The fourth-order valence-electron chi connectivity index (χ4n) is 1.40. The third kappa shape index (κ3) is 3.17. The molecule has 3 N–H and O–H groups in total. The van der Waals surface area contributed by atoms with Crippen molar-refractivity contribution in [3.8, 4) is 0 Å². The molecule has 0 radical (unpaired) electrons. The van der Waals surface area contributed by atoms with Crippen LogP contribution in [0.5, 0.6) is 0 Å². The Hall–Kier alpha value is -2.15. The summed E-state index contributed by atoms with van der Waals surface area (Å²) in [5.74, 6) is 0.547. The Morgan fingerprint density at radius 2 is 2.50 bits per heavy atom. The van der Waals surface area contributed by atoms with E-state index < -0.39 is 0 Å². The van der Waals surface area contributed by atoms with E-state index in [1.165, 1.54) is 4.68 Å². The zero-order chi connectivity index (χ0) is 13.0. The number of hydrogen-bond donors (Lipinski definition) is 2. The van der Waals surface area contributed by atoms with Crippen LogP contribution in [-0.2, 0) is 17.9 Å². The molecule has 0 aliphatic heterocycles. The second-order valence-corrected chi connectivity index (χ2v) is 3.99. The number of nitrogens with zero attached hydrogens (tertiary/aromatic N) is 3. The first-order chi connectivity index (χ1) is 8.65. The van der Waals surface area contributed by atoms with Crippen LogP contribution in [0.25, 0.3) is 0 Å². The molecule has 0 bridgehead atoms. The van der Waals surface area contributed by atoms with E-state index in [-0.39, 0.29) is 18.5 Å². The van der Waals surface area contributed by atoms with E-state index in [2.05, 4.69) is 15.6 Å². The van der Waals surface area contributed by atoms with Gasteiger partial charge in [-0.15, -0.1) is 5.10 Å². The molecule has 2 aromatic heterocycles. The van der Waals surface area contributed by atoms with Crippen molar-refractivity contribution >= 4 is 5.91 Å². The van der Waals surface area contributed by atoms with Crippen molar-refractivity contribution in [3.63, 3.8) is 0 Å². The van der Waals surface area contributed by atoms with Crippen molar-refractivity contribution in [2.75, 3.05) is 0 Å². The minimum atomic E-state index is -0.190. The van der Waals surface area contributed by atoms with Gasteiger partial charge in [0.25, 0.3) is 0 Å². The molecule has 1 amide bonds. The maximum atomic E-state index is 11.6. The van der Waals surface area contributed by atoms with E-state index in [0.29, 0.717) is 18.0 Å². The van der Waals surface area contributed by atoms with Crippen molar-refractivity contribution in [1.82, 2.24) is 20.3 Å². The molecule has 0 saturated carbocycles. The van der Waals surface area contributed by atoms with Gasteiger partial charge in [-0.1, -0.05) is 5.21 Å². The summed E-state index contributed by atoms with van der Waals surface area (Å²) in [6, 6.07) is 3.38. The molecular formula is C11H15N5O2. The van der Waals surface area contributed by atoms with E-state index in [9.17, 15) is 4.79 Å². The topological polar surface area (TPSA) is 99.0 Å². The van der Waals surface area contributed by atoms with Crippen molar-refractivity contribution in [2.45, 2.75) is 26.1 Å². The summed E-state index contributed by atoms with van der Waals surface area (Å²) in [5, 5.41) is 10.4. The highest BCUT2D eigenvalue weighted by Crippen LogP contribution is 2.03. The Bertz CT molecular complexity index is 503. The van der Waals surface area contributed by atoms with Gasteiger partial charge in [-0.05, 0) is 19.1 Å². The third-order valence-electron chi connectivity index (χ3n) is 2.37. The molecule has 0 spiro atoms. The lowest BCUT2D eigenvalue weighted by atomic mass is 10.3. The highest BCUT2D eigenvalue weighted by molar-refractivity contribution is 5.75. The van der Waals surface area contributed by atoms with Crippen LogP contribution in [0.4, 0.5) is 0 Å². The lowest BCUT2D eigenvalue weighted by molar-refractivity contribution is -0.122. The molecule has 0 aliphatic carbocycles. The molecule has 2 heterocycles. The van der Waals surface area contributed by atoms with Crippen LogP contribution in [0.15, 0.2) is 29.0 Å². The first-order valence-electron chi connectivity index (χ1n) is 5.60. The summed E-state index contributed by atoms with van der Waals surface area (Å²) in [7, 11) is 0. The van der Waals surface area contributed by atoms with E-state index in [4.69, 9.17) is 10.2 Å². The highest BCUT2D eigenvalue weighted by atomic mass is 16.3. The standard InChI is InChI=1S/C11H15N5O2/c1-8(12)10-6-16(15-14-10)7-11(17)13-5-9-3-2-4-18-9/h2-4,6,8H,5,7,12H2,1H3,(H,13,17). The van der Waals surface area contributed by atoms with E-state index >= 15 is 0 Å². The number of amides is 1. The molecule has 0 saturated heterocycles. The lowest BCUT2D eigenvalue weighted by Crippen LogP contribution is -2.27. The van der Waals surface area contributed by atoms with Gasteiger partial charge in [0.15, 0.2) is 0 Å². The Morgan fingerprint density at radius 3 is 3.11 bits per heavy atom. The van der Waals surface area contributed by atoms with Crippen LogP contribution < -0.4 is 11.1 Å². The molecule has 96 valence electrons. The van der Waals surface area contributed by atoms with Crippen LogP contribution in [0.2, 0.25) is 0 Å². The maximum absolute atomic E-state index is 11.6. The maximum Gasteiger partial charge on any atom is 0.242 e. The van der Waals surface area contributed by atoms with Crippen molar-refractivity contribution in [1.29, 1.82) is 0 Å². The number of carbonyl (C=O) groups excluding carboxylic acids is 1. The van der Waals surface area contributed by atoms with Gasteiger partial charge in [-0.25, -0.2) is 4.68 Å². The Balaban J connectivity index is 1.83. The molecule has 1 unspecified atom stereocenters. The van der Waals surface area contributed by atoms with Gasteiger partial charge in [0.1, 0.15) is 12.3 Å². The Labute approximate surface area is 104 Å². The average Bonchev–Trinajstić information content (AvgIpc) is 2.96. The zero-order valence-corrected chi connectivity index (χ0v) is 10.0. The van der Waals surface area contributed by atoms with Gasteiger partial charge >= 0.3 is 0 Å². The zero-order valence-electron chi connectivity index (χ0n) is 10.0. The number of rotatable bonds is 5. The van der Waals surface area contributed by atoms with Crippen LogP contribution in [0.1, 0.15) is 24.4 Å². The predicted molar refractivity (Wildman–Crippen MR) is 63.2 cm³/mol. The molecule has 18 heavy (non-hydrogen) atoms. The molecule has 0 aliphatic rings. The van der Waals surface area contributed by atoms with Crippen molar-refractivity contribution in [3.05, 3.63) is 36.0 Å². The molecule has 7 nitrogen and oxygen atoms in total. The molecule has 2 aromatic rings. The van der Waals surface area contributed by atoms with E-state index in [1.54, 1.807) is 24.6 Å². The predicted octanol–water partition coefficient (Wildman–Crippen LogP) is 0.207. The largest absolute Gasteiger partial charge is 0.467 e. The fraction of sp³-hybridized carbons (Fsp3) is 0.364. The van der Waals surface area contributed by atoms with Gasteiger partial charge in [0.2, 0.25) is 5.91 Å². The molecule has 7 heteroatoms. The highest BCUT2D eigenvalue weighted by Gasteiger charge is 2.08. The fourth-order valence-corrected chi connectivity index (χ4v) is 1.40. The number of furan rings is 1. The van der Waals surface area contributed by atoms with Gasteiger partial charge in [0.05, 0.1) is 24.7 Å². The SMILES string of the molecule is CC(N)c1cn(CC(=O)NCc2ccco2)nn1. The molecular weight excluding hydrogens is 234 g/mol. The number of carbonyl (C=O) groups is 1. The number of nitrogens with one attached hydrogen (secondary N) is 1. The summed E-state index contributed by atoms with van der Waals surface area (Å²) in [6.45, 7) is 2.28. The number of aromatic nitrogens is 3. The van der Waals surface area contributed by atoms with Crippen molar-refractivity contribution in [2.24, 2.45) is 5.73 Å². The first kappa shape index (κ1) is 12.3. The summed E-state index contributed by atoms with van der Waals surface area (Å²) in [5.41, 5.74) is 6.31. The van der Waals surface area contributed by atoms with Gasteiger partial charge in [0, 0.05) is 6.04 Å². The minimum absolute atomic E-state index is 0.112. The summed E-state index contributed by atoms with van der Waals surface area (Å²) >= 11 is 0. The van der Waals surface area contributed by atoms with Crippen LogP contribution >= 0.6 is 0 Å². The summed E-state index contributed by atoms with van der Waals surface area (Å²) in [6.07, 6.45) is 3.23. The van der Waals surface area contributed by atoms with Gasteiger partial charge in [-0.3, -0.25) is 4.79 Å². The smallest absolute Gasteiger partial charge is 0.242 e. The van der Waals surface area contributed by atoms with Crippen LogP contribution in [0, 0.1) is 0 Å².